The van der Waals surface area contributed by atoms with Crippen molar-refractivity contribution in [3.05, 3.63) is 29.5 Å². The third kappa shape index (κ3) is 1.35. The van der Waals surface area contributed by atoms with Crippen LogP contribution in [-0.4, -0.2) is 10.9 Å². The monoisotopic (exact) mass is 215 g/mol. The molecule has 1 aliphatic carbocycles. The molecule has 3 nitrogen and oxygen atoms in total. The van der Waals surface area contributed by atoms with Crippen LogP contribution in [0.5, 0.6) is 0 Å². The molecule has 2 aromatic rings. The molecule has 0 radical (unpaired) electrons. The molecule has 3 rings (SSSR count). The Morgan fingerprint density at radius 3 is 2.88 bits per heavy atom. The lowest BCUT2D eigenvalue weighted by atomic mass is 9.82. The van der Waals surface area contributed by atoms with Gasteiger partial charge in [-0.25, -0.2) is 0 Å². The van der Waals surface area contributed by atoms with Crippen molar-refractivity contribution in [2.75, 3.05) is 0 Å². The summed E-state index contributed by atoms with van der Waals surface area (Å²) in [6, 6.07) is 5.59. The largest absolute Gasteiger partial charge is 0.356 e. The number of nitrogens with zero attached hydrogens (tertiary/aromatic N) is 1. The summed E-state index contributed by atoms with van der Waals surface area (Å²) in [5.74, 6) is 0.618. The minimum absolute atomic E-state index is 0.0588. The van der Waals surface area contributed by atoms with Gasteiger partial charge in [-0.2, -0.15) is 0 Å². The second-order valence-electron chi connectivity index (χ2n) is 4.46. The van der Waals surface area contributed by atoms with Gasteiger partial charge in [0.15, 0.2) is 11.4 Å². The molecule has 1 aromatic heterocycles. The first-order chi connectivity index (χ1) is 7.75. The standard InChI is InChI=1S/C13H13NO2/c1-8(15)10-5-6-11-12(7-10)16-14-13(11)9-3-2-4-9/h5-7,9H,2-4H2,1H3. The van der Waals surface area contributed by atoms with E-state index in [0.717, 1.165) is 16.7 Å². The van der Waals surface area contributed by atoms with Gasteiger partial charge < -0.3 is 4.52 Å². The summed E-state index contributed by atoms with van der Waals surface area (Å²) in [6.45, 7) is 1.56. The lowest BCUT2D eigenvalue weighted by Crippen LogP contribution is -2.09. The van der Waals surface area contributed by atoms with Crippen LogP contribution in [0.2, 0.25) is 0 Å². The number of benzene rings is 1. The predicted molar refractivity (Wildman–Crippen MR) is 60.6 cm³/mol. The maximum absolute atomic E-state index is 11.2. The van der Waals surface area contributed by atoms with Gasteiger partial charge in [0.1, 0.15) is 0 Å². The fraction of sp³-hybridized carbons (Fsp3) is 0.385. The first kappa shape index (κ1) is 9.58. The van der Waals surface area contributed by atoms with Gasteiger partial charge in [-0.3, -0.25) is 4.79 Å². The molecule has 0 saturated heterocycles. The minimum atomic E-state index is 0.0588. The average Bonchev–Trinajstić information content (AvgIpc) is 2.59. The number of ketones is 1. The van der Waals surface area contributed by atoms with Gasteiger partial charge in [0.25, 0.3) is 0 Å². The van der Waals surface area contributed by atoms with E-state index in [-0.39, 0.29) is 5.78 Å². The highest BCUT2D eigenvalue weighted by molar-refractivity contribution is 5.97. The first-order valence-corrected chi connectivity index (χ1v) is 5.66. The van der Waals surface area contributed by atoms with Crippen LogP contribution in [-0.2, 0) is 0 Å². The molecule has 3 heteroatoms. The Balaban J connectivity index is 2.10. The second kappa shape index (κ2) is 3.44. The molecule has 1 fully saturated rings. The molecule has 1 aliphatic rings. The van der Waals surface area contributed by atoms with E-state index in [1.807, 2.05) is 12.1 Å². The van der Waals surface area contributed by atoms with Gasteiger partial charge in [-0.15, -0.1) is 0 Å². The zero-order chi connectivity index (χ0) is 11.1. The summed E-state index contributed by atoms with van der Waals surface area (Å²) in [7, 11) is 0. The molecule has 1 saturated carbocycles. The lowest BCUT2D eigenvalue weighted by molar-refractivity contribution is 0.101. The van der Waals surface area contributed by atoms with Crippen LogP contribution in [0, 0.1) is 0 Å². The van der Waals surface area contributed by atoms with Gasteiger partial charge in [0.2, 0.25) is 0 Å². The van der Waals surface area contributed by atoms with E-state index in [4.69, 9.17) is 4.52 Å². The maximum atomic E-state index is 11.2. The number of hydrogen-bond acceptors (Lipinski definition) is 3. The Morgan fingerprint density at radius 2 is 2.25 bits per heavy atom. The highest BCUT2D eigenvalue weighted by Crippen LogP contribution is 2.39. The van der Waals surface area contributed by atoms with E-state index in [1.54, 1.807) is 13.0 Å². The van der Waals surface area contributed by atoms with E-state index >= 15 is 0 Å². The lowest BCUT2D eigenvalue weighted by Gasteiger charge is -2.22. The number of fused-ring (bicyclic) bond motifs is 1. The van der Waals surface area contributed by atoms with Crippen LogP contribution in [0.4, 0.5) is 0 Å². The number of carbonyl (C=O) groups is 1. The predicted octanol–water partition coefficient (Wildman–Crippen LogP) is 3.30. The Kier molecular flexibility index (Phi) is 2.06. The maximum Gasteiger partial charge on any atom is 0.167 e. The number of hydrogen-bond donors (Lipinski definition) is 0. The molecule has 1 heterocycles. The molecule has 0 amide bonds. The van der Waals surface area contributed by atoms with Gasteiger partial charge in [-0.05, 0) is 31.9 Å². The van der Waals surface area contributed by atoms with Crippen molar-refractivity contribution in [2.45, 2.75) is 32.1 Å². The zero-order valence-electron chi connectivity index (χ0n) is 9.19. The van der Waals surface area contributed by atoms with Crippen LogP contribution < -0.4 is 0 Å². The molecular weight excluding hydrogens is 202 g/mol. The van der Waals surface area contributed by atoms with Crippen LogP contribution in [0.15, 0.2) is 22.7 Å². The van der Waals surface area contributed by atoms with E-state index in [9.17, 15) is 4.79 Å². The third-order valence-electron chi connectivity index (χ3n) is 3.40. The molecule has 0 aliphatic heterocycles. The van der Waals surface area contributed by atoms with Crippen molar-refractivity contribution in [2.24, 2.45) is 0 Å². The van der Waals surface area contributed by atoms with E-state index in [2.05, 4.69) is 5.16 Å². The molecule has 0 bridgehead atoms. The quantitative estimate of drug-likeness (QED) is 0.722. The number of aromatic nitrogens is 1. The van der Waals surface area contributed by atoms with Gasteiger partial charge in [-0.1, -0.05) is 17.6 Å². The Morgan fingerprint density at radius 1 is 1.44 bits per heavy atom. The molecule has 0 N–H and O–H groups in total. The highest BCUT2D eigenvalue weighted by Gasteiger charge is 2.25. The molecular formula is C13H13NO2. The third-order valence-corrected chi connectivity index (χ3v) is 3.40. The fourth-order valence-corrected chi connectivity index (χ4v) is 2.15. The van der Waals surface area contributed by atoms with Crippen molar-refractivity contribution >= 4 is 16.8 Å². The van der Waals surface area contributed by atoms with E-state index < -0.39 is 0 Å². The van der Waals surface area contributed by atoms with Crippen molar-refractivity contribution in [3.63, 3.8) is 0 Å². The Bertz CT molecular complexity index is 552. The number of carbonyl (C=O) groups excluding carboxylic acids is 1. The zero-order valence-corrected chi connectivity index (χ0v) is 9.19. The normalized spacial score (nSPS) is 16.3. The summed E-state index contributed by atoms with van der Waals surface area (Å²) in [5.41, 5.74) is 2.48. The molecule has 16 heavy (non-hydrogen) atoms. The molecule has 0 spiro atoms. The summed E-state index contributed by atoms with van der Waals surface area (Å²) < 4.78 is 5.29. The topological polar surface area (TPSA) is 43.1 Å². The summed E-state index contributed by atoms with van der Waals surface area (Å²) >= 11 is 0. The molecule has 1 aromatic carbocycles. The highest BCUT2D eigenvalue weighted by atomic mass is 16.5. The van der Waals surface area contributed by atoms with E-state index in [0.29, 0.717) is 11.5 Å². The Labute approximate surface area is 93.4 Å². The summed E-state index contributed by atoms with van der Waals surface area (Å²) in [5, 5.41) is 5.20. The van der Waals surface area contributed by atoms with Crippen molar-refractivity contribution in [1.82, 2.24) is 5.16 Å². The number of rotatable bonds is 2. The van der Waals surface area contributed by atoms with Gasteiger partial charge in [0.05, 0.1) is 5.69 Å². The van der Waals surface area contributed by atoms with Crippen molar-refractivity contribution < 1.29 is 9.32 Å². The average molecular weight is 215 g/mol. The van der Waals surface area contributed by atoms with Crippen molar-refractivity contribution in [1.29, 1.82) is 0 Å². The fourth-order valence-electron chi connectivity index (χ4n) is 2.15. The van der Waals surface area contributed by atoms with Gasteiger partial charge in [0, 0.05) is 16.9 Å². The van der Waals surface area contributed by atoms with E-state index in [1.165, 1.54) is 19.3 Å². The molecule has 82 valence electrons. The van der Waals surface area contributed by atoms with Crippen LogP contribution in [0.25, 0.3) is 11.0 Å². The van der Waals surface area contributed by atoms with Crippen LogP contribution in [0.3, 0.4) is 0 Å². The summed E-state index contributed by atoms with van der Waals surface area (Å²) in [4.78, 5) is 11.2. The Hall–Kier alpha value is -1.64. The molecule has 0 atom stereocenters. The minimum Gasteiger partial charge on any atom is -0.356 e. The van der Waals surface area contributed by atoms with Gasteiger partial charge >= 0.3 is 0 Å². The van der Waals surface area contributed by atoms with Crippen LogP contribution in [0.1, 0.15) is 48.2 Å². The first-order valence-electron chi connectivity index (χ1n) is 5.66. The molecule has 0 unspecified atom stereocenters. The summed E-state index contributed by atoms with van der Waals surface area (Å²) in [6.07, 6.45) is 3.69. The number of Topliss-reactive ketones (excluding diaryl/α,β-unsaturated/α-hetero) is 1. The SMILES string of the molecule is CC(=O)c1ccc2c(C3CCC3)noc2c1. The second-order valence-corrected chi connectivity index (χ2v) is 4.46. The smallest absolute Gasteiger partial charge is 0.167 e. The van der Waals surface area contributed by atoms with Crippen LogP contribution >= 0.6 is 0 Å². The van der Waals surface area contributed by atoms with Crippen molar-refractivity contribution in [3.8, 4) is 0 Å².